The van der Waals surface area contributed by atoms with Gasteiger partial charge < -0.3 is 19.7 Å². The Labute approximate surface area is 181 Å². The highest BCUT2D eigenvalue weighted by molar-refractivity contribution is 5.88. The smallest absolute Gasteiger partial charge is 0.413 e. The third-order valence-electron chi connectivity index (χ3n) is 5.73. The van der Waals surface area contributed by atoms with Gasteiger partial charge in [-0.15, -0.1) is 0 Å². The molecule has 32 heavy (non-hydrogen) atoms. The summed E-state index contributed by atoms with van der Waals surface area (Å²) in [6.07, 6.45) is -1.81. The van der Waals surface area contributed by atoms with E-state index in [9.17, 15) is 13.6 Å². The highest BCUT2D eigenvalue weighted by Gasteiger charge is 2.46. The van der Waals surface area contributed by atoms with Crippen molar-refractivity contribution in [3.8, 4) is 11.4 Å². The average molecular weight is 450 g/mol. The van der Waals surface area contributed by atoms with Gasteiger partial charge in [-0.1, -0.05) is 0 Å². The molecule has 2 fully saturated rings. The number of hydrogen-bond donors (Lipinski definition) is 2. The molecule has 5 heterocycles. The highest BCUT2D eigenvalue weighted by Crippen LogP contribution is 2.44. The number of ether oxygens (including phenoxy) is 2. The number of fused-ring (bicyclic) bond motifs is 1. The SMILES string of the molecule is CC(F)(F)[C@@H]1OC(=O)Nc2ncnc(-c3cc(C4(F)COC4)cc(N4CCNCC4)n3)c21. The van der Waals surface area contributed by atoms with Crippen molar-refractivity contribution in [3.05, 3.63) is 29.6 Å². The number of carbonyl (C=O) groups is 1. The fourth-order valence-corrected chi connectivity index (χ4v) is 4.00. The number of nitrogens with zero attached hydrogens (tertiary/aromatic N) is 4. The van der Waals surface area contributed by atoms with E-state index in [1.807, 2.05) is 4.90 Å². The summed E-state index contributed by atoms with van der Waals surface area (Å²) in [6, 6.07) is 3.15. The van der Waals surface area contributed by atoms with Crippen LogP contribution in [0.3, 0.4) is 0 Å². The molecule has 0 bridgehead atoms. The zero-order valence-electron chi connectivity index (χ0n) is 17.2. The topological polar surface area (TPSA) is 102 Å². The van der Waals surface area contributed by atoms with Gasteiger partial charge in [0, 0.05) is 33.1 Å². The number of alkyl halides is 3. The molecule has 0 aliphatic carbocycles. The predicted octanol–water partition coefficient (Wildman–Crippen LogP) is 2.40. The first kappa shape index (κ1) is 20.9. The van der Waals surface area contributed by atoms with Crippen LogP contribution in [0, 0.1) is 0 Å². The van der Waals surface area contributed by atoms with E-state index in [0.29, 0.717) is 31.4 Å². The lowest BCUT2D eigenvalue weighted by atomic mass is 9.92. The van der Waals surface area contributed by atoms with Crippen LogP contribution < -0.4 is 15.5 Å². The van der Waals surface area contributed by atoms with E-state index < -0.39 is 23.8 Å². The minimum absolute atomic E-state index is 0.0450. The van der Waals surface area contributed by atoms with Gasteiger partial charge in [0.05, 0.1) is 24.5 Å². The van der Waals surface area contributed by atoms with E-state index in [4.69, 9.17) is 9.47 Å². The first-order valence-electron chi connectivity index (χ1n) is 10.2. The Morgan fingerprint density at radius 1 is 1.22 bits per heavy atom. The molecule has 12 heteroatoms. The second-order valence-corrected chi connectivity index (χ2v) is 8.15. The van der Waals surface area contributed by atoms with Gasteiger partial charge in [0.25, 0.3) is 5.92 Å². The van der Waals surface area contributed by atoms with Crippen LogP contribution >= 0.6 is 0 Å². The van der Waals surface area contributed by atoms with Crippen LogP contribution in [0.1, 0.15) is 24.2 Å². The van der Waals surface area contributed by atoms with Crippen LogP contribution in [0.15, 0.2) is 18.5 Å². The Morgan fingerprint density at radius 2 is 1.97 bits per heavy atom. The van der Waals surface area contributed by atoms with Gasteiger partial charge in [0.1, 0.15) is 23.7 Å². The lowest BCUT2D eigenvalue weighted by Gasteiger charge is -2.36. The second kappa shape index (κ2) is 7.55. The first-order valence-corrected chi connectivity index (χ1v) is 10.2. The molecule has 5 rings (SSSR count). The maximum atomic E-state index is 15.3. The number of hydrogen-bond acceptors (Lipinski definition) is 8. The summed E-state index contributed by atoms with van der Waals surface area (Å²) in [7, 11) is 0. The number of piperazine rings is 1. The quantitative estimate of drug-likeness (QED) is 0.733. The fraction of sp³-hybridized carbons (Fsp3) is 0.500. The summed E-state index contributed by atoms with van der Waals surface area (Å²) >= 11 is 0. The van der Waals surface area contributed by atoms with Gasteiger partial charge in [0.15, 0.2) is 11.8 Å². The molecule has 0 spiro atoms. The lowest BCUT2D eigenvalue weighted by Crippen LogP contribution is -2.45. The van der Waals surface area contributed by atoms with Gasteiger partial charge in [-0.05, 0) is 17.7 Å². The molecule has 0 saturated carbocycles. The molecule has 1 atom stereocenters. The normalized spacial score (nSPS) is 22.4. The van der Waals surface area contributed by atoms with Gasteiger partial charge in [-0.3, -0.25) is 5.32 Å². The summed E-state index contributed by atoms with van der Waals surface area (Å²) in [5.41, 5.74) is -1.24. The number of amides is 1. The monoisotopic (exact) mass is 450 g/mol. The van der Waals surface area contributed by atoms with Crippen molar-refractivity contribution in [3.63, 3.8) is 0 Å². The number of halogens is 3. The van der Waals surface area contributed by atoms with E-state index in [0.717, 1.165) is 19.4 Å². The van der Waals surface area contributed by atoms with E-state index in [1.54, 1.807) is 6.07 Å². The van der Waals surface area contributed by atoms with E-state index in [1.165, 1.54) is 6.07 Å². The molecular formula is C20H21F3N6O3. The van der Waals surface area contributed by atoms with Gasteiger partial charge in [-0.2, -0.15) is 0 Å². The molecule has 9 nitrogen and oxygen atoms in total. The van der Waals surface area contributed by atoms with Crippen molar-refractivity contribution in [2.24, 2.45) is 0 Å². The largest absolute Gasteiger partial charge is 0.434 e. The van der Waals surface area contributed by atoms with Gasteiger partial charge in [-0.25, -0.2) is 32.9 Å². The van der Waals surface area contributed by atoms with E-state index in [2.05, 4.69) is 25.6 Å². The summed E-state index contributed by atoms with van der Waals surface area (Å²) < 4.78 is 54.1. The average Bonchev–Trinajstić information content (AvgIpc) is 2.76. The molecule has 170 valence electrons. The highest BCUT2D eigenvalue weighted by atomic mass is 19.3. The van der Waals surface area contributed by atoms with Crippen LogP contribution in [0.25, 0.3) is 11.4 Å². The van der Waals surface area contributed by atoms with Gasteiger partial charge in [0.2, 0.25) is 0 Å². The Morgan fingerprint density at radius 3 is 2.62 bits per heavy atom. The van der Waals surface area contributed by atoms with Crippen molar-refractivity contribution in [2.45, 2.75) is 24.6 Å². The van der Waals surface area contributed by atoms with Crippen LogP contribution in [0.4, 0.5) is 29.6 Å². The predicted molar refractivity (Wildman–Crippen MR) is 107 cm³/mol. The number of nitrogens with one attached hydrogen (secondary N) is 2. The third kappa shape index (κ3) is 3.62. The maximum absolute atomic E-state index is 15.3. The Hall–Kier alpha value is -2.99. The molecule has 0 radical (unpaired) electrons. The second-order valence-electron chi connectivity index (χ2n) is 8.15. The standard InChI is InChI=1S/C20H21F3N6O3/c1-19(21,22)16-14-15(25-10-26-17(14)28-18(30)32-16)12-6-11(20(23)8-31-9-20)7-13(27-12)29-4-2-24-3-5-29/h6-7,10,16,24H,2-5,8-9H2,1H3,(H,25,26,28,30)/t16-/m1/s1. The van der Waals surface area contributed by atoms with E-state index in [-0.39, 0.29) is 36.0 Å². The molecular weight excluding hydrogens is 429 g/mol. The van der Waals surface area contributed by atoms with E-state index >= 15 is 4.39 Å². The van der Waals surface area contributed by atoms with Crippen molar-refractivity contribution < 1.29 is 27.4 Å². The summed E-state index contributed by atoms with van der Waals surface area (Å²) in [5.74, 6) is -2.99. The molecule has 0 aromatic carbocycles. The van der Waals surface area contributed by atoms with Crippen LogP contribution in [0.5, 0.6) is 0 Å². The zero-order chi connectivity index (χ0) is 22.5. The van der Waals surface area contributed by atoms with Crippen LogP contribution in [0.2, 0.25) is 0 Å². The molecule has 2 saturated heterocycles. The van der Waals surface area contributed by atoms with Crippen molar-refractivity contribution in [1.29, 1.82) is 0 Å². The molecule has 1 amide bonds. The van der Waals surface area contributed by atoms with Crippen molar-refractivity contribution >= 4 is 17.7 Å². The number of rotatable bonds is 4. The van der Waals surface area contributed by atoms with Crippen molar-refractivity contribution in [2.75, 3.05) is 49.6 Å². The molecule has 3 aliphatic rings. The number of cyclic esters (lactones) is 1. The zero-order valence-corrected chi connectivity index (χ0v) is 17.2. The maximum Gasteiger partial charge on any atom is 0.413 e. The van der Waals surface area contributed by atoms with Crippen LogP contribution in [-0.4, -0.2) is 66.4 Å². The minimum atomic E-state index is -3.41. The molecule has 0 unspecified atom stereocenters. The van der Waals surface area contributed by atoms with Gasteiger partial charge >= 0.3 is 6.09 Å². The van der Waals surface area contributed by atoms with Crippen molar-refractivity contribution in [1.82, 2.24) is 20.3 Å². The molecule has 2 aromatic rings. The number of pyridine rings is 1. The van der Waals surface area contributed by atoms with Crippen LogP contribution in [-0.2, 0) is 15.1 Å². The number of aromatic nitrogens is 3. The summed E-state index contributed by atoms with van der Waals surface area (Å²) in [6.45, 7) is 3.22. The molecule has 2 N–H and O–H groups in total. The molecule has 3 aliphatic heterocycles. The summed E-state index contributed by atoms with van der Waals surface area (Å²) in [5, 5.41) is 5.57. The lowest BCUT2D eigenvalue weighted by molar-refractivity contribution is -0.135. The minimum Gasteiger partial charge on any atom is -0.434 e. The third-order valence-corrected chi connectivity index (χ3v) is 5.73. The Kier molecular flexibility index (Phi) is 4.93. The Balaban J connectivity index is 1.67. The first-order chi connectivity index (χ1) is 15.2. The Bertz CT molecular complexity index is 1050. The number of anilines is 2. The number of carbonyl (C=O) groups excluding carboxylic acids is 1. The summed E-state index contributed by atoms with van der Waals surface area (Å²) in [4.78, 5) is 26.5. The molecule has 2 aromatic heterocycles. The fourth-order valence-electron chi connectivity index (χ4n) is 4.00.